The predicted octanol–water partition coefficient (Wildman–Crippen LogP) is 4.59. The van der Waals surface area contributed by atoms with E-state index in [2.05, 4.69) is 6.08 Å². The number of fused-ring (bicyclic) bond motifs is 2. The number of phenols is 1. The molecule has 0 bridgehead atoms. The molecule has 0 radical (unpaired) electrons. The van der Waals surface area contributed by atoms with E-state index in [4.69, 9.17) is 0 Å². The minimum Gasteiger partial charge on any atom is -0.508 e. The average Bonchev–Trinajstić information content (AvgIpc) is 3.03. The van der Waals surface area contributed by atoms with Gasteiger partial charge in [0.1, 0.15) is 5.75 Å². The van der Waals surface area contributed by atoms with Gasteiger partial charge in [-0.3, -0.25) is 4.79 Å². The molecule has 1 aliphatic carbocycles. The van der Waals surface area contributed by atoms with Crippen molar-refractivity contribution in [2.45, 2.75) is 0 Å². The van der Waals surface area contributed by atoms with Crippen molar-refractivity contribution in [1.29, 1.82) is 0 Å². The van der Waals surface area contributed by atoms with Crippen LogP contribution in [0.1, 0.15) is 31.9 Å². The Balaban J connectivity index is 1.96. The molecule has 1 aromatic heterocycles. The molecule has 0 aliphatic heterocycles. The highest BCUT2D eigenvalue weighted by Gasteiger charge is 2.27. The number of hydrogen-bond acceptors (Lipinski definition) is 3. The molecule has 2 nitrogen and oxygen atoms in total. The Bertz CT molecular complexity index is 901. The molecule has 1 N–H and O–H groups in total. The van der Waals surface area contributed by atoms with E-state index < -0.39 is 0 Å². The highest BCUT2D eigenvalue weighted by atomic mass is 32.1. The van der Waals surface area contributed by atoms with E-state index in [1.54, 1.807) is 23.5 Å². The second-order valence-corrected chi connectivity index (χ2v) is 6.10. The molecule has 3 aromatic rings. The molecule has 0 spiro atoms. The molecule has 1 aliphatic rings. The molecular formula is C19H12O2S. The third-order valence-electron chi connectivity index (χ3n) is 3.82. The fraction of sp³-hybridized carbons (Fsp3) is 0. The van der Waals surface area contributed by atoms with Crippen LogP contribution in [0.5, 0.6) is 5.75 Å². The maximum Gasteiger partial charge on any atom is 0.195 e. The molecule has 22 heavy (non-hydrogen) atoms. The summed E-state index contributed by atoms with van der Waals surface area (Å²) < 4.78 is 0. The molecule has 4 rings (SSSR count). The van der Waals surface area contributed by atoms with Crippen molar-refractivity contribution < 1.29 is 9.90 Å². The van der Waals surface area contributed by atoms with Crippen LogP contribution < -0.4 is 0 Å². The number of thiophene rings is 1. The zero-order valence-corrected chi connectivity index (χ0v) is 12.4. The minimum atomic E-state index is 0.0923. The standard InChI is InChI=1S/C19H12O2S/c20-13-7-5-12(6-8-13)11-17-14-3-1-2-4-15(14)18(21)16-9-10-22-19(16)17/h1-11,20H/b17-11-. The van der Waals surface area contributed by atoms with E-state index in [0.29, 0.717) is 0 Å². The van der Waals surface area contributed by atoms with E-state index in [1.165, 1.54) is 0 Å². The summed E-state index contributed by atoms with van der Waals surface area (Å²) in [7, 11) is 0. The smallest absolute Gasteiger partial charge is 0.195 e. The first-order chi connectivity index (χ1) is 10.7. The van der Waals surface area contributed by atoms with Gasteiger partial charge in [0.2, 0.25) is 0 Å². The third-order valence-corrected chi connectivity index (χ3v) is 4.77. The zero-order valence-electron chi connectivity index (χ0n) is 11.6. The Kier molecular flexibility index (Phi) is 2.94. The first-order valence-corrected chi connectivity index (χ1v) is 7.85. The molecular weight excluding hydrogens is 292 g/mol. The Morgan fingerprint density at radius 1 is 0.864 bits per heavy atom. The maximum atomic E-state index is 12.6. The number of hydrogen-bond donors (Lipinski definition) is 1. The lowest BCUT2D eigenvalue weighted by atomic mass is 9.85. The summed E-state index contributed by atoms with van der Waals surface area (Å²) in [6, 6.07) is 16.7. The van der Waals surface area contributed by atoms with Gasteiger partial charge in [0.05, 0.1) is 0 Å². The normalized spacial score (nSPS) is 14.7. The van der Waals surface area contributed by atoms with Crippen molar-refractivity contribution >= 4 is 28.8 Å². The van der Waals surface area contributed by atoms with E-state index in [9.17, 15) is 9.90 Å². The number of carbonyl (C=O) groups is 1. The molecule has 2 aromatic carbocycles. The number of rotatable bonds is 1. The first kappa shape index (κ1) is 13.0. The summed E-state index contributed by atoms with van der Waals surface area (Å²) in [6.45, 7) is 0. The molecule has 3 heteroatoms. The molecule has 0 amide bonds. The molecule has 0 atom stereocenters. The number of carbonyl (C=O) groups excluding carboxylic acids is 1. The van der Waals surface area contributed by atoms with Gasteiger partial charge in [-0.15, -0.1) is 11.3 Å². The van der Waals surface area contributed by atoms with Gasteiger partial charge >= 0.3 is 0 Å². The Hall–Kier alpha value is -2.65. The van der Waals surface area contributed by atoms with Gasteiger partial charge in [-0.05, 0) is 40.8 Å². The number of ketones is 1. The Labute approximate surface area is 132 Å². The van der Waals surface area contributed by atoms with Gasteiger partial charge in [0.25, 0.3) is 0 Å². The zero-order chi connectivity index (χ0) is 15.1. The summed E-state index contributed by atoms with van der Waals surface area (Å²) in [5, 5.41) is 11.4. The van der Waals surface area contributed by atoms with Crippen LogP contribution in [0.15, 0.2) is 60.0 Å². The fourth-order valence-corrected chi connectivity index (χ4v) is 3.68. The van der Waals surface area contributed by atoms with Gasteiger partial charge in [-0.2, -0.15) is 0 Å². The number of benzene rings is 2. The molecule has 0 saturated carbocycles. The molecule has 106 valence electrons. The summed E-state index contributed by atoms with van der Waals surface area (Å²) in [5.74, 6) is 0.341. The topological polar surface area (TPSA) is 37.3 Å². The van der Waals surface area contributed by atoms with Crippen LogP contribution in [-0.4, -0.2) is 10.9 Å². The van der Waals surface area contributed by atoms with Crippen LogP contribution in [-0.2, 0) is 0 Å². The van der Waals surface area contributed by atoms with Crippen molar-refractivity contribution in [2.24, 2.45) is 0 Å². The third kappa shape index (κ3) is 1.98. The lowest BCUT2D eigenvalue weighted by Gasteiger charge is -2.18. The van der Waals surface area contributed by atoms with Crippen LogP contribution in [0.25, 0.3) is 11.6 Å². The Morgan fingerprint density at radius 2 is 1.59 bits per heavy atom. The molecule has 1 heterocycles. The van der Waals surface area contributed by atoms with Gasteiger partial charge in [0, 0.05) is 21.6 Å². The highest BCUT2D eigenvalue weighted by molar-refractivity contribution is 7.11. The van der Waals surface area contributed by atoms with Gasteiger partial charge in [0.15, 0.2) is 5.78 Å². The van der Waals surface area contributed by atoms with Gasteiger partial charge in [-0.25, -0.2) is 0 Å². The average molecular weight is 304 g/mol. The van der Waals surface area contributed by atoms with Crippen LogP contribution >= 0.6 is 11.3 Å². The van der Waals surface area contributed by atoms with Gasteiger partial charge < -0.3 is 5.11 Å². The highest BCUT2D eigenvalue weighted by Crippen LogP contribution is 2.39. The van der Waals surface area contributed by atoms with E-state index in [1.807, 2.05) is 47.8 Å². The predicted molar refractivity (Wildman–Crippen MR) is 89.3 cm³/mol. The van der Waals surface area contributed by atoms with Crippen molar-refractivity contribution in [3.63, 3.8) is 0 Å². The maximum absolute atomic E-state index is 12.6. The quantitative estimate of drug-likeness (QED) is 0.558. The second kappa shape index (κ2) is 4.97. The lowest BCUT2D eigenvalue weighted by Crippen LogP contribution is -2.11. The summed E-state index contributed by atoms with van der Waals surface area (Å²) in [4.78, 5) is 13.6. The SMILES string of the molecule is O=C1c2ccccc2/C(=C/c2ccc(O)cc2)c2sccc21. The fourth-order valence-electron chi connectivity index (χ4n) is 2.76. The summed E-state index contributed by atoms with van der Waals surface area (Å²) in [5.41, 5.74) is 4.55. The Morgan fingerprint density at radius 3 is 2.36 bits per heavy atom. The monoisotopic (exact) mass is 304 g/mol. The van der Waals surface area contributed by atoms with Crippen molar-refractivity contribution in [2.75, 3.05) is 0 Å². The lowest BCUT2D eigenvalue weighted by molar-refractivity contribution is 0.103. The van der Waals surface area contributed by atoms with Crippen LogP contribution in [0.4, 0.5) is 0 Å². The van der Waals surface area contributed by atoms with E-state index in [0.717, 1.165) is 32.7 Å². The number of aromatic hydroxyl groups is 1. The van der Waals surface area contributed by atoms with Crippen LogP contribution in [0.3, 0.4) is 0 Å². The minimum absolute atomic E-state index is 0.0923. The number of phenolic OH excluding ortho intramolecular Hbond substituents is 1. The van der Waals surface area contributed by atoms with E-state index in [-0.39, 0.29) is 11.5 Å². The summed E-state index contributed by atoms with van der Waals surface area (Å²) >= 11 is 1.58. The van der Waals surface area contributed by atoms with E-state index >= 15 is 0 Å². The van der Waals surface area contributed by atoms with Crippen LogP contribution in [0, 0.1) is 0 Å². The largest absolute Gasteiger partial charge is 0.508 e. The summed E-state index contributed by atoms with van der Waals surface area (Å²) in [6.07, 6.45) is 2.07. The van der Waals surface area contributed by atoms with Crippen LogP contribution in [0.2, 0.25) is 0 Å². The first-order valence-electron chi connectivity index (χ1n) is 6.97. The molecule has 0 unspecified atom stereocenters. The van der Waals surface area contributed by atoms with Gasteiger partial charge in [-0.1, -0.05) is 36.4 Å². The molecule has 0 fully saturated rings. The van der Waals surface area contributed by atoms with Crippen molar-refractivity contribution in [3.05, 3.63) is 87.1 Å². The van der Waals surface area contributed by atoms with Crippen molar-refractivity contribution in [3.8, 4) is 5.75 Å². The second-order valence-electron chi connectivity index (χ2n) is 5.19. The molecule has 0 saturated heterocycles. The van der Waals surface area contributed by atoms with Crippen molar-refractivity contribution in [1.82, 2.24) is 0 Å².